The van der Waals surface area contributed by atoms with Gasteiger partial charge in [-0.25, -0.2) is 0 Å². The van der Waals surface area contributed by atoms with Crippen LogP contribution >= 0.6 is 0 Å². The molecule has 3 heteroatoms. The topological polar surface area (TPSA) is 35.5 Å². The molecule has 0 atom stereocenters. The van der Waals surface area contributed by atoms with Crippen molar-refractivity contribution in [3.63, 3.8) is 0 Å². The molecule has 0 aromatic heterocycles. The normalized spacial score (nSPS) is 10.0. The highest BCUT2D eigenvalue weighted by Crippen LogP contribution is 2.11. The summed E-state index contributed by atoms with van der Waals surface area (Å²) in [6.45, 7) is 10.0. The Hall–Kier alpha value is -0.570. The van der Waals surface area contributed by atoms with E-state index in [1.807, 2.05) is 13.8 Å². The summed E-state index contributed by atoms with van der Waals surface area (Å²) in [4.78, 5) is 10.5. The molecule has 0 bridgehead atoms. The van der Waals surface area contributed by atoms with Crippen molar-refractivity contribution >= 4 is 5.97 Å². The van der Waals surface area contributed by atoms with Gasteiger partial charge in [-0.2, -0.15) is 0 Å². The largest absolute Gasteiger partial charge is 0.466 e. The minimum Gasteiger partial charge on any atom is -0.466 e. The monoisotopic (exact) mass is 316 g/mol. The molecule has 0 aliphatic heterocycles. The Morgan fingerprint density at radius 3 is 1.41 bits per heavy atom. The summed E-state index contributed by atoms with van der Waals surface area (Å²) in [7, 11) is 0. The minimum absolute atomic E-state index is 0.155. The lowest BCUT2D eigenvalue weighted by atomic mass is 10.1. The summed E-state index contributed by atoms with van der Waals surface area (Å²) < 4.78 is 9.72. The average molecular weight is 317 g/mol. The second-order valence-corrected chi connectivity index (χ2v) is 5.66. The third kappa shape index (κ3) is 27.7. The zero-order chi connectivity index (χ0) is 16.9. The Morgan fingerprint density at radius 2 is 1.09 bits per heavy atom. The van der Waals surface area contributed by atoms with Gasteiger partial charge in [0.15, 0.2) is 0 Å². The number of esters is 1. The maximum Gasteiger partial charge on any atom is 0.302 e. The molecule has 134 valence electrons. The van der Waals surface area contributed by atoms with Gasteiger partial charge in [-0.15, -0.1) is 0 Å². The molecule has 0 aliphatic rings. The van der Waals surface area contributed by atoms with Gasteiger partial charge < -0.3 is 9.47 Å². The van der Waals surface area contributed by atoms with Crippen LogP contribution in [0.25, 0.3) is 0 Å². The van der Waals surface area contributed by atoms with Gasteiger partial charge in [-0.05, 0) is 20.3 Å². The highest BCUT2D eigenvalue weighted by atomic mass is 16.5. The highest BCUT2D eigenvalue weighted by Gasteiger charge is 1.94. The van der Waals surface area contributed by atoms with Crippen LogP contribution in [0.4, 0.5) is 0 Å². The first-order chi connectivity index (χ1) is 10.7. The lowest BCUT2D eigenvalue weighted by molar-refractivity contribution is -0.141. The maximum absolute atomic E-state index is 10.5. The van der Waals surface area contributed by atoms with Crippen molar-refractivity contribution in [3.05, 3.63) is 0 Å². The van der Waals surface area contributed by atoms with Gasteiger partial charge in [0.2, 0.25) is 0 Å². The van der Waals surface area contributed by atoms with E-state index in [0.717, 1.165) is 19.6 Å². The first kappa shape index (κ1) is 23.7. The van der Waals surface area contributed by atoms with Gasteiger partial charge in [-0.3, -0.25) is 4.79 Å². The summed E-state index contributed by atoms with van der Waals surface area (Å²) in [5.74, 6) is -0.155. The van der Waals surface area contributed by atoms with Crippen LogP contribution in [0, 0.1) is 0 Å². The minimum atomic E-state index is -0.155. The number of carbonyl (C=O) groups is 1. The van der Waals surface area contributed by atoms with Crippen molar-refractivity contribution < 1.29 is 14.3 Å². The molecule has 0 rings (SSSR count). The molecule has 0 amide bonds. The first-order valence-electron chi connectivity index (χ1n) is 9.40. The van der Waals surface area contributed by atoms with Gasteiger partial charge in [-0.1, -0.05) is 71.1 Å². The van der Waals surface area contributed by atoms with Crippen LogP contribution in [0.15, 0.2) is 0 Å². The molecule has 0 radical (unpaired) electrons. The van der Waals surface area contributed by atoms with E-state index in [2.05, 4.69) is 6.92 Å². The van der Waals surface area contributed by atoms with Crippen LogP contribution < -0.4 is 0 Å². The Balaban J connectivity index is 0. The van der Waals surface area contributed by atoms with Crippen molar-refractivity contribution in [2.75, 3.05) is 19.8 Å². The van der Waals surface area contributed by atoms with Crippen molar-refractivity contribution in [2.24, 2.45) is 0 Å². The number of unbranched alkanes of at least 4 members (excludes halogenated alkanes) is 10. The molecule has 0 heterocycles. The third-order valence-electron chi connectivity index (χ3n) is 3.46. The fourth-order valence-corrected chi connectivity index (χ4v) is 2.19. The molecule has 0 unspecified atom stereocenters. The van der Waals surface area contributed by atoms with Crippen molar-refractivity contribution in [3.8, 4) is 0 Å². The van der Waals surface area contributed by atoms with Gasteiger partial charge in [0.1, 0.15) is 0 Å². The molecule has 3 nitrogen and oxygen atoms in total. The molecule has 0 N–H and O–H groups in total. The summed E-state index contributed by atoms with van der Waals surface area (Å²) in [6.07, 6.45) is 14.6. The molecular weight excluding hydrogens is 276 g/mol. The Kier molecular flexibility index (Phi) is 24.5. The van der Waals surface area contributed by atoms with E-state index in [4.69, 9.17) is 9.47 Å². The van der Waals surface area contributed by atoms with Crippen LogP contribution in [0.5, 0.6) is 0 Å². The van der Waals surface area contributed by atoms with Gasteiger partial charge in [0, 0.05) is 20.1 Å². The summed E-state index contributed by atoms with van der Waals surface area (Å²) in [6, 6.07) is 0. The second-order valence-electron chi connectivity index (χ2n) is 5.66. The molecule has 0 spiro atoms. The third-order valence-corrected chi connectivity index (χ3v) is 3.46. The lowest BCUT2D eigenvalue weighted by Gasteiger charge is -2.03. The van der Waals surface area contributed by atoms with E-state index in [0.29, 0.717) is 6.61 Å². The number of rotatable bonds is 14. The summed E-state index contributed by atoms with van der Waals surface area (Å²) in [5, 5.41) is 0. The van der Waals surface area contributed by atoms with E-state index in [1.54, 1.807) is 0 Å². The van der Waals surface area contributed by atoms with Crippen LogP contribution in [0.1, 0.15) is 98.3 Å². The average Bonchev–Trinajstić information content (AvgIpc) is 2.49. The van der Waals surface area contributed by atoms with E-state index >= 15 is 0 Å². The quantitative estimate of drug-likeness (QED) is 0.295. The SMILES string of the molecule is CCCCCCCCCCCCCOC(C)=O.CCOCC. The molecule has 0 aromatic carbocycles. The zero-order valence-corrected chi connectivity index (χ0v) is 15.6. The van der Waals surface area contributed by atoms with Crippen molar-refractivity contribution in [1.82, 2.24) is 0 Å². The highest BCUT2D eigenvalue weighted by molar-refractivity contribution is 5.65. The zero-order valence-electron chi connectivity index (χ0n) is 15.6. The van der Waals surface area contributed by atoms with Gasteiger partial charge >= 0.3 is 5.97 Å². The number of hydrogen-bond acceptors (Lipinski definition) is 3. The molecular formula is C19H40O3. The standard InChI is InChI=1S/C15H30O2.C4H10O/c1-3-4-5-6-7-8-9-10-11-12-13-14-17-15(2)16;1-3-5-4-2/h3-14H2,1-2H3;3-4H2,1-2H3. The predicted molar refractivity (Wildman–Crippen MR) is 95.3 cm³/mol. The molecule has 0 saturated carbocycles. The fraction of sp³-hybridized carbons (Fsp3) is 0.947. The van der Waals surface area contributed by atoms with Crippen molar-refractivity contribution in [1.29, 1.82) is 0 Å². The summed E-state index contributed by atoms with van der Waals surface area (Å²) in [5.41, 5.74) is 0. The molecule has 0 saturated heterocycles. The van der Waals surface area contributed by atoms with Crippen LogP contribution in [0.3, 0.4) is 0 Å². The van der Waals surface area contributed by atoms with Crippen LogP contribution in [0.2, 0.25) is 0 Å². The molecule has 22 heavy (non-hydrogen) atoms. The Bertz CT molecular complexity index is 203. The van der Waals surface area contributed by atoms with Crippen LogP contribution in [-0.4, -0.2) is 25.8 Å². The maximum atomic E-state index is 10.5. The van der Waals surface area contributed by atoms with E-state index in [1.165, 1.54) is 71.1 Å². The Morgan fingerprint density at radius 1 is 0.682 bits per heavy atom. The van der Waals surface area contributed by atoms with Gasteiger partial charge in [0.05, 0.1) is 6.61 Å². The second kappa shape index (κ2) is 22.7. The predicted octanol–water partition coefficient (Wildman–Crippen LogP) is 5.90. The van der Waals surface area contributed by atoms with E-state index < -0.39 is 0 Å². The number of carbonyl (C=O) groups excluding carboxylic acids is 1. The smallest absolute Gasteiger partial charge is 0.302 e. The lowest BCUT2D eigenvalue weighted by Crippen LogP contribution is -2.00. The molecule has 0 aliphatic carbocycles. The number of hydrogen-bond donors (Lipinski definition) is 0. The summed E-state index contributed by atoms with van der Waals surface area (Å²) >= 11 is 0. The molecule has 0 fully saturated rings. The fourth-order valence-electron chi connectivity index (χ4n) is 2.19. The van der Waals surface area contributed by atoms with E-state index in [-0.39, 0.29) is 5.97 Å². The van der Waals surface area contributed by atoms with Gasteiger partial charge in [0.25, 0.3) is 0 Å². The molecule has 0 aromatic rings. The van der Waals surface area contributed by atoms with E-state index in [9.17, 15) is 4.79 Å². The van der Waals surface area contributed by atoms with Crippen molar-refractivity contribution in [2.45, 2.75) is 98.3 Å². The van der Waals surface area contributed by atoms with Crippen LogP contribution in [-0.2, 0) is 14.3 Å². The first-order valence-corrected chi connectivity index (χ1v) is 9.40. The Labute approximate surface area is 139 Å². The number of ether oxygens (including phenoxy) is 2.